The van der Waals surface area contributed by atoms with Crippen molar-refractivity contribution < 1.29 is 4.80 Å². The van der Waals surface area contributed by atoms with Crippen molar-refractivity contribution in [3.05, 3.63) is 54.6 Å². The Hall–Kier alpha value is -1.38. The van der Waals surface area contributed by atoms with Crippen LogP contribution in [0.4, 0.5) is 0 Å². The van der Waals surface area contributed by atoms with E-state index in [4.69, 9.17) is 0 Å². The molecular weight excluding hydrogens is 200 g/mol. The third-order valence-corrected chi connectivity index (χ3v) is 3.31. The highest BCUT2D eigenvalue weighted by Crippen LogP contribution is 2.13. The summed E-state index contributed by atoms with van der Waals surface area (Å²) < 4.78 is 0. The summed E-state index contributed by atoms with van der Waals surface area (Å²) in [5, 5.41) is 3.38. The minimum absolute atomic E-state index is 0.155. The quantitative estimate of drug-likeness (QED) is 0.607. The first-order chi connectivity index (χ1) is 7.36. The lowest BCUT2D eigenvalue weighted by atomic mass is 10.0. The van der Waals surface area contributed by atoms with Crippen LogP contribution in [-0.2, 0) is 6.42 Å². The maximum absolute atomic E-state index is 9.44. The molecule has 0 aromatic heterocycles. The maximum Gasteiger partial charge on any atom is 0.266 e. The third-order valence-electron chi connectivity index (χ3n) is 2.49. The Kier molecular flexibility index (Phi) is 2.99. The fourth-order valence-electron chi connectivity index (χ4n) is 1.77. The monoisotopic (exact) mass is 212 g/mol. The highest BCUT2D eigenvalue weighted by Gasteiger charge is 2.06. The summed E-state index contributed by atoms with van der Waals surface area (Å²) in [5.74, 6) is 0. The number of benzene rings is 2. The fourth-order valence-corrected chi connectivity index (χ4v) is 2.45. The Morgan fingerprint density at radius 1 is 1.20 bits per heavy atom. The summed E-state index contributed by atoms with van der Waals surface area (Å²) in [6, 6.07) is 12.3. The zero-order chi connectivity index (χ0) is 10.7. The second-order valence-electron chi connectivity index (χ2n) is 3.43. The van der Waals surface area contributed by atoms with Crippen LogP contribution in [0.5, 0.6) is 0 Å². The van der Waals surface area contributed by atoms with Crippen molar-refractivity contribution in [2.24, 2.45) is 0 Å². The van der Waals surface area contributed by atoms with Gasteiger partial charge in [0.2, 0.25) is 0 Å². The van der Waals surface area contributed by atoms with Gasteiger partial charge in [-0.3, -0.25) is 0 Å². The molecule has 2 aromatic rings. The number of hydrogen-bond acceptors (Lipinski definition) is 1. The van der Waals surface area contributed by atoms with Crippen LogP contribution in [0.15, 0.2) is 49.1 Å². The average molecular weight is 212 g/mol. The zero-order valence-corrected chi connectivity index (χ0v) is 9.40. The first kappa shape index (κ1) is 10.1. The second-order valence-corrected chi connectivity index (χ2v) is 4.15. The molecule has 2 aromatic carbocycles. The summed E-state index contributed by atoms with van der Waals surface area (Å²) in [4.78, 5) is 9.44. The Bertz CT molecular complexity index is 491. The molecule has 0 amide bonds. The molecule has 0 atom stereocenters. The molecule has 2 rings (SSSR count). The number of fused-ring (bicyclic) bond motifs is 1. The molecule has 15 heavy (non-hydrogen) atoms. The Morgan fingerprint density at radius 2 is 2.00 bits per heavy atom. The van der Waals surface area contributed by atoms with E-state index < -0.39 is 0 Å². The van der Waals surface area contributed by atoms with Crippen LogP contribution in [0.1, 0.15) is 5.56 Å². The summed E-state index contributed by atoms with van der Waals surface area (Å²) in [6.07, 6.45) is 2.68. The Labute approximate surface area is 92.0 Å². The highest BCUT2D eigenvalue weighted by molar-refractivity contribution is 6.50. The smallest absolute Gasteiger partial charge is 0.266 e. The molecule has 0 saturated heterocycles. The van der Waals surface area contributed by atoms with Crippen LogP contribution in [0, 0.1) is 0 Å². The molecule has 0 spiro atoms. The van der Waals surface area contributed by atoms with Gasteiger partial charge in [0.1, 0.15) is 0 Å². The van der Waals surface area contributed by atoms with Gasteiger partial charge in [-0.05, 0) is 27.9 Å². The van der Waals surface area contributed by atoms with Gasteiger partial charge in [-0.25, -0.2) is 0 Å². The van der Waals surface area contributed by atoms with E-state index in [9.17, 15) is 4.80 Å². The minimum Gasteiger partial charge on any atom is -0.428 e. The van der Waals surface area contributed by atoms with Crippen molar-refractivity contribution in [1.29, 1.82) is 0 Å². The SMILES string of the molecule is C=CCc1ccc2ccccc2c1[Si]O. The topological polar surface area (TPSA) is 20.2 Å². The van der Waals surface area contributed by atoms with Gasteiger partial charge in [0.25, 0.3) is 9.76 Å². The van der Waals surface area contributed by atoms with E-state index in [1.807, 2.05) is 18.2 Å². The van der Waals surface area contributed by atoms with E-state index in [1.54, 1.807) is 0 Å². The van der Waals surface area contributed by atoms with Gasteiger partial charge >= 0.3 is 0 Å². The first-order valence-corrected chi connectivity index (χ1v) is 5.83. The van der Waals surface area contributed by atoms with Crippen LogP contribution in [0.25, 0.3) is 10.8 Å². The zero-order valence-electron chi connectivity index (χ0n) is 8.40. The van der Waals surface area contributed by atoms with Crippen molar-refractivity contribution in [2.45, 2.75) is 6.42 Å². The van der Waals surface area contributed by atoms with Gasteiger partial charge in [0, 0.05) is 0 Å². The average Bonchev–Trinajstić information content (AvgIpc) is 2.29. The number of hydrogen-bond donors (Lipinski definition) is 1. The molecule has 0 aliphatic rings. The summed E-state index contributed by atoms with van der Waals surface area (Å²) >= 11 is 0. The van der Waals surface area contributed by atoms with Gasteiger partial charge in [-0.2, -0.15) is 0 Å². The molecule has 0 bridgehead atoms. The summed E-state index contributed by atoms with van der Waals surface area (Å²) in [6.45, 7) is 3.73. The van der Waals surface area contributed by atoms with Crippen LogP contribution in [0.2, 0.25) is 0 Å². The van der Waals surface area contributed by atoms with Gasteiger partial charge in [0.15, 0.2) is 0 Å². The summed E-state index contributed by atoms with van der Waals surface area (Å²) in [7, 11) is -0.155. The van der Waals surface area contributed by atoms with Gasteiger partial charge in [0.05, 0.1) is 0 Å². The molecule has 0 fully saturated rings. The lowest BCUT2D eigenvalue weighted by Crippen LogP contribution is -2.19. The third kappa shape index (κ3) is 1.86. The van der Waals surface area contributed by atoms with Gasteiger partial charge in [-0.15, -0.1) is 6.58 Å². The predicted molar refractivity (Wildman–Crippen MR) is 65.5 cm³/mol. The lowest BCUT2D eigenvalue weighted by molar-refractivity contribution is 0.615. The molecule has 0 saturated carbocycles. The number of rotatable bonds is 3. The van der Waals surface area contributed by atoms with E-state index in [1.165, 1.54) is 10.9 Å². The molecule has 0 aliphatic heterocycles. The van der Waals surface area contributed by atoms with E-state index in [-0.39, 0.29) is 9.76 Å². The maximum atomic E-state index is 9.44. The molecule has 74 valence electrons. The van der Waals surface area contributed by atoms with Crippen molar-refractivity contribution in [1.82, 2.24) is 0 Å². The minimum atomic E-state index is -0.155. The molecule has 0 heterocycles. The number of allylic oxidation sites excluding steroid dienone is 1. The van der Waals surface area contributed by atoms with Gasteiger partial charge < -0.3 is 4.80 Å². The molecular formula is C13H12OSi. The first-order valence-electron chi connectivity index (χ1n) is 4.88. The van der Waals surface area contributed by atoms with Crippen LogP contribution in [-0.4, -0.2) is 14.6 Å². The standard InChI is InChI=1S/C13H12OSi/c1-2-5-11-9-8-10-6-3-4-7-12(10)13(11)15-14/h2-4,6-9,14H,1,5H2. The van der Waals surface area contributed by atoms with E-state index in [0.29, 0.717) is 0 Å². The molecule has 1 nitrogen and oxygen atoms in total. The second kappa shape index (κ2) is 4.42. The van der Waals surface area contributed by atoms with Crippen molar-refractivity contribution in [2.75, 3.05) is 0 Å². The van der Waals surface area contributed by atoms with Crippen molar-refractivity contribution in [3.8, 4) is 0 Å². The van der Waals surface area contributed by atoms with Gasteiger partial charge in [-0.1, -0.05) is 42.5 Å². The van der Waals surface area contributed by atoms with Crippen LogP contribution in [0.3, 0.4) is 0 Å². The van der Waals surface area contributed by atoms with Crippen LogP contribution >= 0.6 is 0 Å². The van der Waals surface area contributed by atoms with E-state index in [2.05, 4.69) is 30.8 Å². The molecule has 0 unspecified atom stereocenters. The molecule has 1 N–H and O–H groups in total. The molecule has 2 heteroatoms. The van der Waals surface area contributed by atoms with Crippen LogP contribution < -0.4 is 5.19 Å². The summed E-state index contributed by atoms with van der Waals surface area (Å²) in [5.41, 5.74) is 1.17. The molecule has 2 radical (unpaired) electrons. The normalized spacial score (nSPS) is 10.5. The lowest BCUT2D eigenvalue weighted by Gasteiger charge is -2.08. The fraction of sp³-hybridized carbons (Fsp3) is 0.0769. The van der Waals surface area contributed by atoms with E-state index >= 15 is 0 Å². The Balaban J connectivity index is 2.69. The molecule has 0 aliphatic carbocycles. The Morgan fingerprint density at radius 3 is 2.73 bits per heavy atom. The van der Waals surface area contributed by atoms with Crippen molar-refractivity contribution >= 4 is 25.7 Å². The van der Waals surface area contributed by atoms with Crippen molar-refractivity contribution in [3.63, 3.8) is 0 Å². The largest absolute Gasteiger partial charge is 0.428 e. The highest BCUT2D eigenvalue weighted by atomic mass is 28.2. The predicted octanol–water partition coefficient (Wildman–Crippen LogP) is 1.81. The van der Waals surface area contributed by atoms with E-state index in [0.717, 1.165) is 17.0 Å².